The van der Waals surface area contributed by atoms with Crippen molar-refractivity contribution in [1.82, 2.24) is 10.2 Å². The van der Waals surface area contributed by atoms with Gasteiger partial charge in [0.15, 0.2) is 0 Å². The molecule has 2 N–H and O–H groups in total. The van der Waals surface area contributed by atoms with Crippen molar-refractivity contribution in [2.24, 2.45) is 0 Å². The van der Waals surface area contributed by atoms with Crippen LogP contribution in [0.25, 0.3) is 0 Å². The second-order valence-electron chi connectivity index (χ2n) is 3.97. The number of hydrogen-bond donors (Lipinski definition) is 2. The van der Waals surface area contributed by atoms with E-state index in [1.807, 2.05) is 0 Å². The Labute approximate surface area is 73.8 Å². The summed E-state index contributed by atoms with van der Waals surface area (Å²) in [5.41, 5.74) is 0. The molecule has 3 nitrogen and oxygen atoms in total. The Morgan fingerprint density at radius 3 is 2.58 bits per heavy atom. The third-order valence-electron chi connectivity index (χ3n) is 2.64. The summed E-state index contributed by atoms with van der Waals surface area (Å²) in [7, 11) is 0. The summed E-state index contributed by atoms with van der Waals surface area (Å²) in [4.78, 5) is 2.40. The third-order valence-corrected chi connectivity index (χ3v) is 2.64. The molecule has 2 aliphatic rings. The number of aliphatic hydroxyl groups excluding tert-OH is 1. The minimum Gasteiger partial charge on any atom is -0.396 e. The average molecular weight is 170 g/mol. The molecule has 1 aliphatic carbocycles. The summed E-state index contributed by atoms with van der Waals surface area (Å²) in [6, 6.07) is 1.59. The Hall–Kier alpha value is -0.120. The topological polar surface area (TPSA) is 35.5 Å². The number of likely N-dealkylation sites (tertiary alicyclic amines) is 1. The molecule has 3 heteroatoms. The fraction of sp³-hybridized carbons (Fsp3) is 1.00. The second kappa shape index (κ2) is 3.73. The van der Waals surface area contributed by atoms with Crippen LogP contribution in [0.2, 0.25) is 0 Å². The van der Waals surface area contributed by atoms with Gasteiger partial charge in [0.1, 0.15) is 0 Å². The lowest BCUT2D eigenvalue weighted by atomic mass is 10.1. The molecule has 1 saturated heterocycles. The highest BCUT2D eigenvalue weighted by atomic mass is 16.3. The van der Waals surface area contributed by atoms with E-state index >= 15 is 0 Å². The second-order valence-corrected chi connectivity index (χ2v) is 3.97. The van der Waals surface area contributed by atoms with Gasteiger partial charge in [0.25, 0.3) is 0 Å². The van der Waals surface area contributed by atoms with Crippen LogP contribution < -0.4 is 5.32 Å². The number of rotatable bonds is 5. The molecule has 1 heterocycles. The van der Waals surface area contributed by atoms with Crippen molar-refractivity contribution >= 4 is 0 Å². The number of hydrogen-bond acceptors (Lipinski definition) is 3. The number of aliphatic hydroxyl groups is 1. The number of nitrogens with zero attached hydrogens (tertiary/aromatic N) is 1. The van der Waals surface area contributed by atoms with Gasteiger partial charge in [0, 0.05) is 38.3 Å². The van der Waals surface area contributed by atoms with Gasteiger partial charge in [-0.2, -0.15) is 0 Å². The monoisotopic (exact) mass is 170 g/mol. The van der Waals surface area contributed by atoms with Gasteiger partial charge in [0.05, 0.1) is 0 Å². The normalized spacial score (nSPS) is 25.8. The summed E-state index contributed by atoms with van der Waals surface area (Å²) >= 11 is 0. The van der Waals surface area contributed by atoms with Gasteiger partial charge < -0.3 is 15.3 Å². The van der Waals surface area contributed by atoms with Crippen LogP contribution in [0, 0.1) is 0 Å². The lowest BCUT2D eigenvalue weighted by molar-refractivity contribution is 0.114. The van der Waals surface area contributed by atoms with Crippen LogP contribution >= 0.6 is 0 Å². The first-order chi connectivity index (χ1) is 5.88. The van der Waals surface area contributed by atoms with Crippen LogP contribution in [-0.4, -0.2) is 48.3 Å². The Morgan fingerprint density at radius 1 is 1.25 bits per heavy atom. The Morgan fingerprint density at radius 2 is 2.00 bits per heavy atom. The first-order valence-electron chi connectivity index (χ1n) is 4.98. The maximum absolute atomic E-state index is 8.61. The lowest BCUT2D eigenvalue weighted by Gasteiger charge is -2.39. The molecule has 0 unspecified atom stereocenters. The highest BCUT2D eigenvalue weighted by Crippen LogP contribution is 2.21. The minimum absolute atomic E-state index is 0.331. The molecule has 0 aromatic rings. The molecule has 0 bridgehead atoms. The predicted molar refractivity (Wildman–Crippen MR) is 48.1 cm³/mol. The lowest BCUT2D eigenvalue weighted by Crippen LogP contribution is -2.58. The third kappa shape index (κ3) is 2.19. The van der Waals surface area contributed by atoms with Crippen molar-refractivity contribution < 1.29 is 5.11 Å². The average Bonchev–Trinajstić information content (AvgIpc) is 2.77. The van der Waals surface area contributed by atoms with E-state index in [9.17, 15) is 0 Å². The quantitative estimate of drug-likeness (QED) is 0.600. The molecule has 0 radical (unpaired) electrons. The van der Waals surface area contributed by atoms with Crippen molar-refractivity contribution in [2.75, 3.05) is 26.2 Å². The van der Waals surface area contributed by atoms with Crippen LogP contribution in [0.4, 0.5) is 0 Å². The van der Waals surface area contributed by atoms with Gasteiger partial charge >= 0.3 is 0 Å². The standard InChI is InChI=1S/C9H18N2O/c12-5-1-4-11-6-9(7-11)10-8-2-3-8/h8-10,12H,1-7H2. The van der Waals surface area contributed by atoms with E-state index < -0.39 is 0 Å². The smallest absolute Gasteiger partial charge is 0.0443 e. The van der Waals surface area contributed by atoms with Gasteiger partial charge in [-0.25, -0.2) is 0 Å². The van der Waals surface area contributed by atoms with E-state index in [1.165, 1.54) is 25.9 Å². The van der Waals surface area contributed by atoms with E-state index in [4.69, 9.17) is 5.11 Å². The SMILES string of the molecule is OCCCN1CC(NC2CC2)C1. The summed E-state index contributed by atoms with van der Waals surface area (Å²) in [5.74, 6) is 0. The molecule has 0 amide bonds. The van der Waals surface area contributed by atoms with E-state index in [-0.39, 0.29) is 0 Å². The van der Waals surface area contributed by atoms with Crippen molar-refractivity contribution in [3.8, 4) is 0 Å². The molecule has 70 valence electrons. The Balaban J connectivity index is 1.51. The van der Waals surface area contributed by atoms with Crippen molar-refractivity contribution in [2.45, 2.75) is 31.3 Å². The fourth-order valence-electron chi connectivity index (χ4n) is 1.74. The minimum atomic E-state index is 0.331. The molecule has 1 saturated carbocycles. The van der Waals surface area contributed by atoms with Crippen molar-refractivity contribution in [3.05, 3.63) is 0 Å². The zero-order chi connectivity index (χ0) is 8.39. The summed E-state index contributed by atoms with van der Waals surface area (Å²) in [6.07, 6.45) is 3.69. The van der Waals surface area contributed by atoms with Gasteiger partial charge in [-0.1, -0.05) is 0 Å². The van der Waals surface area contributed by atoms with E-state index in [0.717, 1.165) is 25.0 Å². The fourth-order valence-corrected chi connectivity index (χ4v) is 1.74. The molecule has 0 aromatic heterocycles. The predicted octanol–water partition coefficient (Wildman–Crippen LogP) is -0.195. The van der Waals surface area contributed by atoms with Gasteiger partial charge in [-0.3, -0.25) is 0 Å². The first-order valence-corrected chi connectivity index (χ1v) is 4.98. The van der Waals surface area contributed by atoms with Crippen LogP contribution in [0.15, 0.2) is 0 Å². The highest BCUT2D eigenvalue weighted by Gasteiger charge is 2.31. The Kier molecular flexibility index (Phi) is 2.63. The highest BCUT2D eigenvalue weighted by molar-refractivity contribution is 4.92. The summed E-state index contributed by atoms with van der Waals surface area (Å²) in [5, 5.41) is 12.2. The molecular weight excluding hydrogens is 152 g/mol. The molecular formula is C9H18N2O. The van der Waals surface area contributed by atoms with Crippen molar-refractivity contribution in [3.63, 3.8) is 0 Å². The van der Waals surface area contributed by atoms with Crippen molar-refractivity contribution in [1.29, 1.82) is 0 Å². The first kappa shape index (κ1) is 8.48. The van der Waals surface area contributed by atoms with Gasteiger partial charge in [-0.15, -0.1) is 0 Å². The largest absolute Gasteiger partial charge is 0.396 e. The van der Waals surface area contributed by atoms with Crippen LogP contribution in [0.5, 0.6) is 0 Å². The maximum Gasteiger partial charge on any atom is 0.0443 e. The molecule has 12 heavy (non-hydrogen) atoms. The molecule has 1 aliphatic heterocycles. The zero-order valence-electron chi connectivity index (χ0n) is 7.50. The summed E-state index contributed by atoms with van der Waals surface area (Å²) in [6.45, 7) is 3.78. The van der Waals surface area contributed by atoms with E-state index in [0.29, 0.717) is 6.61 Å². The van der Waals surface area contributed by atoms with Gasteiger partial charge in [0.2, 0.25) is 0 Å². The van der Waals surface area contributed by atoms with Crippen LogP contribution in [-0.2, 0) is 0 Å². The molecule has 0 aromatic carbocycles. The van der Waals surface area contributed by atoms with E-state index in [2.05, 4.69) is 10.2 Å². The Bertz CT molecular complexity index is 141. The zero-order valence-corrected chi connectivity index (χ0v) is 7.50. The summed E-state index contributed by atoms with van der Waals surface area (Å²) < 4.78 is 0. The van der Waals surface area contributed by atoms with Crippen LogP contribution in [0.1, 0.15) is 19.3 Å². The maximum atomic E-state index is 8.61. The molecule has 2 rings (SSSR count). The van der Waals surface area contributed by atoms with E-state index in [1.54, 1.807) is 0 Å². The molecule has 0 atom stereocenters. The number of nitrogens with one attached hydrogen (secondary N) is 1. The molecule has 2 fully saturated rings. The van der Waals surface area contributed by atoms with Gasteiger partial charge in [-0.05, 0) is 19.3 Å². The molecule has 0 spiro atoms. The van der Waals surface area contributed by atoms with Crippen LogP contribution in [0.3, 0.4) is 0 Å².